The van der Waals surface area contributed by atoms with Gasteiger partial charge in [-0.1, -0.05) is 43.6 Å². The highest BCUT2D eigenvalue weighted by Crippen LogP contribution is 2.31. The first-order valence-electron chi connectivity index (χ1n) is 11.5. The van der Waals surface area contributed by atoms with Gasteiger partial charge in [0.05, 0.1) is 32.5 Å². The second-order valence-corrected chi connectivity index (χ2v) is 8.94. The Balaban J connectivity index is 1.58. The van der Waals surface area contributed by atoms with Crippen LogP contribution in [-0.4, -0.2) is 42.5 Å². The lowest BCUT2D eigenvalue weighted by Crippen LogP contribution is -2.23. The molecular formula is C26H29N3O5S. The van der Waals surface area contributed by atoms with E-state index in [1.807, 2.05) is 30.3 Å². The third-order valence-corrected chi connectivity index (χ3v) is 6.52. The number of nitrogens with zero attached hydrogens (tertiary/aromatic N) is 3. The summed E-state index contributed by atoms with van der Waals surface area (Å²) in [6, 6.07) is 11.1. The predicted molar refractivity (Wildman–Crippen MR) is 137 cm³/mol. The molecule has 0 N–H and O–H groups in total. The van der Waals surface area contributed by atoms with E-state index in [1.165, 1.54) is 28.7 Å². The third-order valence-electron chi connectivity index (χ3n) is 5.56. The quantitative estimate of drug-likeness (QED) is 0.286. The van der Waals surface area contributed by atoms with Gasteiger partial charge < -0.3 is 18.9 Å². The smallest absolute Gasteiger partial charge is 0.291 e. The topological polar surface area (TPSA) is 84.2 Å². The van der Waals surface area contributed by atoms with Crippen LogP contribution in [0, 0.1) is 0 Å². The normalized spacial score (nSPS) is 11.7. The molecule has 0 aliphatic carbocycles. The predicted octanol–water partition coefficient (Wildman–Crippen LogP) is 4.35. The first kappa shape index (κ1) is 24.5. The van der Waals surface area contributed by atoms with Gasteiger partial charge in [0.15, 0.2) is 28.8 Å². The summed E-state index contributed by atoms with van der Waals surface area (Å²) in [5.41, 5.74) is 1.35. The largest absolute Gasteiger partial charge is 0.493 e. The van der Waals surface area contributed by atoms with Gasteiger partial charge in [0.2, 0.25) is 4.96 Å². The van der Waals surface area contributed by atoms with Crippen molar-refractivity contribution in [1.29, 1.82) is 0 Å². The number of methoxy groups -OCH3 is 3. The minimum Gasteiger partial charge on any atom is -0.493 e. The van der Waals surface area contributed by atoms with Crippen LogP contribution in [0.5, 0.6) is 23.0 Å². The van der Waals surface area contributed by atoms with Gasteiger partial charge in [0, 0.05) is 5.56 Å². The fourth-order valence-corrected chi connectivity index (χ4v) is 4.59. The van der Waals surface area contributed by atoms with Crippen molar-refractivity contribution in [3.8, 4) is 34.4 Å². The third kappa shape index (κ3) is 5.40. The Hall–Kier alpha value is -3.59. The molecule has 184 valence electrons. The maximum absolute atomic E-state index is 13.0. The first-order valence-corrected chi connectivity index (χ1v) is 12.3. The number of thiazole rings is 1. The van der Waals surface area contributed by atoms with E-state index in [0.29, 0.717) is 44.9 Å². The maximum Gasteiger partial charge on any atom is 0.291 e. The monoisotopic (exact) mass is 495 g/mol. The van der Waals surface area contributed by atoms with Crippen molar-refractivity contribution in [2.75, 3.05) is 27.9 Å². The Morgan fingerprint density at radius 1 is 0.914 bits per heavy atom. The fraction of sp³-hybridized carbons (Fsp3) is 0.346. The summed E-state index contributed by atoms with van der Waals surface area (Å²) < 4.78 is 23.9. The molecule has 0 fully saturated rings. The van der Waals surface area contributed by atoms with Gasteiger partial charge >= 0.3 is 0 Å². The van der Waals surface area contributed by atoms with Crippen LogP contribution in [0.4, 0.5) is 0 Å². The Labute approximate surface area is 207 Å². The van der Waals surface area contributed by atoms with E-state index in [2.05, 4.69) is 17.0 Å². The highest BCUT2D eigenvalue weighted by molar-refractivity contribution is 7.15. The molecule has 0 aliphatic heterocycles. The van der Waals surface area contributed by atoms with Crippen LogP contribution in [0.15, 0.2) is 41.2 Å². The molecule has 4 rings (SSSR count). The molecule has 0 unspecified atom stereocenters. The number of rotatable bonds is 11. The minimum absolute atomic E-state index is 0.223. The number of aromatic nitrogens is 3. The van der Waals surface area contributed by atoms with Gasteiger partial charge in [-0.2, -0.15) is 9.50 Å². The highest BCUT2D eigenvalue weighted by atomic mass is 32.1. The summed E-state index contributed by atoms with van der Waals surface area (Å²) >= 11 is 1.28. The molecule has 2 heterocycles. The van der Waals surface area contributed by atoms with Crippen molar-refractivity contribution in [2.24, 2.45) is 0 Å². The van der Waals surface area contributed by atoms with Crippen molar-refractivity contribution in [2.45, 2.75) is 32.6 Å². The average Bonchev–Trinajstić information content (AvgIpc) is 3.43. The van der Waals surface area contributed by atoms with Crippen molar-refractivity contribution in [3.63, 3.8) is 0 Å². The number of hydrogen-bond acceptors (Lipinski definition) is 8. The number of unbranched alkanes of at least 4 members (excludes halogenated alkanes) is 3. The lowest BCUT2D eigenvalue weighted by Gasteiger charge is -2.11. The van der Waals surface area contributed by atoms with E-state index in [1.54, 1.807) is 33.5 Å². The average molecular weight is 496 g/mol. The van der Waals surface area contributed by atoms with Crippen LogP contribution < -0.4 is 29.0 Å². The van der Waals surface area contributed by atoms with Crippen LogP contribution in [0.2, 0.25) is 0 Å². The van der Waals surface area contributed by atoms with Gasteiger partial charge in [-0.05, 0) is 48.4 Å². The molecule has 35 heavy (non-hydrogen) atoms. The van der Waals surface area contributed by atoms with E-state index >= 15 is 0 Å². The Bertz CT molecular complexity index is 1410. The standard InChI is InChI=1S/C26H29N3O5S/c1-5-6-7-8-13-34-20-11-9-17(14-21(20)32-3)15-23-25(30)29-26(35-23)27-24(28-29)18-10-12-19(31-2)22(16-18)33-4/h9-12,14-16H,5-8,13H2,1-4H3. The number of ether oxygens (including phenoxy) is 4. The molecule has 8 nitrogen and oxygen atoms in total. The lowest BCUT2D eigenvalue weighted by molar-refractivity contribution is 0.285. The maximum atomic E-state index is 13.0. The van der Waals surface area contributed by atoms with Crippen molar-refractivity contribution >= 4 is 22.4 Å². The Kier molecular flexibility index (Phi) is 7.87. The SMILES string of the molecule is CCCCCCOc1ccc(C=c2sc3nc(-c4ccc(OC)c(OC)c4)nn3c2=O)cc1OC. The van der Waals surface area contributed by atoms with Crippen LogP contribution in [0.3, 0.4) is 0 Å². The van der Waals surface area contributed by atoms with Gasteiger partial charge in [0.25, 0.3) is 5.56 Å². The molecule has 0 saturated carbocycles. The second-order valence-electron chi connectivity index (χ2n) is 7.93. The van der Waals surface area contributed by atoms with E-state index in [9.17, 15) is 4.79 Å². The van der Waals surface area contributed by atoms with Crippen LogP contribution in [0.1, 0.15) is 38.2 Å². The zero-order valence-electron chi connectivity index (χ0n) is 20.4. The summed E-state index contributed by atoms with van der Waals surface area (Å²) in [7, 11) is 4.76. The van der Waals surface area contributed by atoms with Gasteiger partial charge in [-0.3, -0.25) is 4.79 Å². The first-order chi connectivity index (χ1) is 17.1. The molecule has 0 saturated heterocycles. The minimum atomic E-state index is -0.223. The molecule has 0 amide bonds. The summed E-state index contributed by atoms with van der Waals surface area (Å²) in [6.07, 6.45) is 6.38. The summed E-state index contributed by atoms with van der Waals surface area (Å²) in [6.45, 7) is 2.84. The summed E-state index contributed by atoms with van der Waals surface area (Å²) in [5.74, 6) is 2.97. The van der Waals surface area contributed by atoms with E-state index in [-0.39, 0.29) is 5.56 Å². The van der Waals surface area contributed by atoms with E-state index in [0.717, 1.165) is 24.0 Å². The second kappa shape index (κ2) is 11.2. The molecule has 0 radical (unpaired) electrons. The molecule has 2 aromatic heterocycles. The Morgan fingerprint density at radius 3 is 2.37 bits per heavy atom. The summed E-state index contributed by atoms with van der Waals surface area (Å²) in [5, 5.41) is 4.42. The van der Waals surface area contributed by atoms with Crippen LogP contribution >= 0.6 is 11.3 Å². The molecule has 0 spiro atoms. The van der Waals surface area contributed by atoms with Crippen molar-refractivity contribution < 1.29 is 18.9 Å². The van der Waals surface area contributed by atoms with Crippen LogP contribution in [-0.2, 0) is 0 Å². The van der Waals surface area contributed by atoms with Gasteiger partial charge in [0.1, 0.15) is 0 Å². The molecule has 0 aliphatic rings. The summed E-state index contributed by atoms with van der Waals surface area (Å²) in [4.78, 5) is 18.1. The van der Waals surface area contributed by atoms with Gasteiger partial charge in [-0.15, -0.1) is 5.10 Å². The van der Waals surface area contributed by atoms with Gasteiger partial charge in [-0.25, -0.2) is 0 Å². The fourth-order valence-electron chi connectivity index (χ4n) is 3.69. The Morgan fingerprint density at radius 2 is 1.66 bits per heavy atom. The molecule has 2 aromatic carbocycles. The van der Waals surface area contributed by atoms with Crippen molar-refractivity contribution in [1.82, 2.24) is 14.6 Å². The molecule has 0 atom stereocenters. The van der Waals surface area contributed by atoms with E-state index < -0.39 is 0 Å². The number of hydrogen-bond donors (Lipinski definition) is 0. The zero-order valence-corrected chi connectivity index (χ0v) is 21.2. The van der Waals surface area contributed by atoms with Crippen molar-refractivity contribution in [3.05, 3.63) is 56.8 Å². The molecule has 9 heteroatoms. The zero-order chi connectivity index (χ0) is 24.8. The molecule has 4 aromatic rings. The number of benzene rings is 2. The molecule has 0 bridgehead atoms. The lowest BCUT2D eigenvalue weighted by atomic mass is 10.2. The van der Waals surface area contributed by atoms with E-state index in [4.69, 9.17) is 18.9 Å². The number of fused-ring (bicyclic) bond motifs is 1. The highest BCUT2D eigenvalue weighted by Gasteiger charge is 2.14. The van der Waals surface area contributed by atoms with Crippen LogP contribution in [0.25, 0.3) is 22.4 Å². The molecular weight excluding hydrogens is 466 g/mol.